The molecule has 2 unspecified atom stereocenters. The third-order valence-corrected chi connectivity index (χ3v) is 6.94. The van der Waals surface area contributed by atoms with Crippen molar-refractivity contribution in [2.75, 3.05) is 0 Å². The molecule has 17 heavy (non-hydrogen) atoms. The highest BCUT2D eigenvalue weighted by atomic mass is 32.2. The van der Waals surface area contributed by atoms with E-state index in [2.05, 4.69) is 0 Å². The summed E-state index contributed by atoms with van der Waals surface area (Å²) in [5.74, 6) is 0. The van der Waals surface area contributed by atoms with Crippen LogP contribution >= 0.6 is 0 Å². The van der Waals surface area contributed by atoms with Gasteiger partial charge in [0.25, 0.3) is 12.9 Å². The Kier molecular flexibility index (Phi) is 5.02. The van der Waals surface area contributed by atoms with Gasteiger partial charge >= 0.3 is 0 Å². The molecule has 104 valence electrons. The normalized spacial score (nSPS) is 20.4. The zero-order valence-electron chi connectivity index (χ0n) is 10.3. The molecular weight excluding hydrogens is 260 g/mol. The van der Waals surface area contributed by atoms with Gasteiger partial charge < -0.3 is 0 Å². The van der Waals surface area contributed by atoms with Crippen LogP contribution in [-0.4, -0.2) is 30.8 Å². The highest BCUT2D eigenvalue weighted by molar-refractivity contribution is 7.94. The third-order valence-electron chi connectivity index (χ3n) is 3.56. The van der Waals surface area contributed by atoms with Crippen molar-refractivity contribution >= 4 is 9.84 Å². The van der Waals surface area contributed by atoms with Gasteiger partial charge in [-0.25, -0.2) is 26.0 Å². The second-order valence-electron chi connectivity index (χ2n) is 4.44. The molecule has 0 rings (SSSR count). The molecule has 2 atom stereocenters. The van der Waals surface area contributed by atoms with Gasteiger partial charge in [0.15, 0.2) is 9.84 Å². The van der Waals surface area contributed by atoms with Crippen molar-refractivity contribution in [3.8, 4) is 0 Å². The van der Waals surface area contributed by atoms with E-state index in [0.29, 0.717) is 0 Å². The van der Waals surface area contributed by atoms with E-state index in [1.54, 1.807) is 0 Å². The Balaban J connectivity index is 5.85. The fourth-order valence-corrected chi connectivity index (χ4v) is 3.75. The summed E-state index contributed by atoms with van der Waals surface area (Å²) in [6.07, 6.45) is -7.20. The van der Waals surface area contributed by atoms with Gasteiger partial charge in [-0.1, -0.05) is 13.8 Å². The number of sulfone groups is 1. The number of rotatable bonds is 6. The zero-order valence-corrected chi connectivity index (χ0v) is 11.1. The predicted molar refractivity (Wildman–Crippen MR) is 58.3 cm³/mol. The van der Waals surface area contributed by atoms with Crippen molar-refractivity contribution in [2.24, 2.45) is 0 Å². The zero-order chi connectivity index (χ0) is 14.1. The Morgan fingerprint density at radius 3 is 1.24 bits per heavy atom. The Hall–Kier alpha value is -0.330. The number of hydrogen-bond acceptors (Lipinski definition) is 2. The molecule has 0 aromatic heterocycles. The van der Waals surface area contributed by atoms with Gasteiger partial charge in [-0.15, -0.1) is 0 Å². The first-order valence-electron chi connectivity index (χ1n) is 5.31. The molecule has 0 aliphatic carbocycles. The number of alkyl halides is 4. The molecule has 0 aliphatic rings. The first-order valence-corrected chi connectivity index (χ1v) is 6.80. The molecule has 0 N–H and O–H groups in total. The molecular formula is C10H18F4O2S. The molecule has 0 fully saturated rings. The van der Waals surface area contributed by atoms with Gasteiger partial charge in [-0.3, -0.25) is 0 Å². The second-order valence-corrected chi connectivity index (χ2v) is 7.31. The molecule has 0 aromatic carbocycles. The summed E-state index contributed by atoms with van der Waals surface area (Å²) in [5.41, 5.74) is 0. The highest BCUT2D eigenvalue weighted by Gasteiger charge is 2.58. The lowest BCUT2D eigenvalue weighted by molar-refractivity contribution is 0.0792. The van der Waals surface area contributed by atoms with Crippen molar-refractivity contribution in [1.82, 2.24) is 0 Å². The third kappa shape index (κ3) is 2.30. The second kappa shape index (κ2) is 5.12. The molecule has 2 nitrogen and oxygen atoms in total. The predicted octanol–water partition coefficient (Wildman–Crippen LogP) is 3.27. The molecule has 0 radical (unpaired) electrons. The van der Waals surface area contributed by atoms with E-state index < -0.39 is 45.0 Å². The van der Waals surface area contributed by atoms with Crippen LogP contribution in [0.2, 0.25) is 0 Å². The maximum Gasteiger partial charge on any atom is 0.257 e. The van der Waals surface area contributed by atoms with E-state index >= 15 is 0 Å². The van der Waals surface area contributed by atoms with E-state index in [9.17, 15) is 26.0 Å². The van der Waals surface area contributed by atoms with Crippen LogP contribution < -0.4 is 0 Å². The molecule has 0 heterocycles. The van der Waals surface area contributed by atoms with Gasteiger partial charge in [0.2, 0.25) is 0 Å². The number of hydrogen-bond donors (Lipinski definition) is 0. The smallest absolute Gasteiger partial charge is 0.227 e. The minimum atomic E-state index is -4.66. The lowest BCUT2D eigenvalue weighted by atomic mass is 10.1. The van der Waals surface area contributed by atoms with Gasteiger partial charge in [0, 0.05) is 0 Å². The average Bonchev–Trinajstić information content (AvgIpc) is 2.25. The summed E-state index contributed by atoms with van der Waals surface area (Å²) < 4.78 is 70.8. The van der Waals surface area contributed by atoms with E-state index in [4.69, 9.17) is 0 Å². The summed E-state index contributed by atoms with van der Waals surface area (Å²) in [6.45, 7) is 4.16. The van der Waals surface area contributed by atoms with Crippen molar-refractivity contribution in [3.63, 3.8) is 0 Å². The maximum absolute atomic E-state index is 12.9. The first-order chi connectivity index (χ1) is 7.51. The van der Waals surface area contributed by atoms with Crippen molar-refractivity contribution < 1.29 is 26.0 Å². The molecule has 7 heteroatoms. The minimum Gasteiger partial charge on any atom is -0.227 e. The van der Waals surface area contributed by atoms with Crippen LogP contribution in [0.4, 0.5) is 17.6 Å². The summed E-state index contributed by atoms with van der Waals surface area (Å²) in [7, 11) is -4.66. The van der Waals surface area contributed by atoms with Crippen LogP contribution in [0.25, 0.3) is 0 Å². The largest absolute Gasteiger partial charge is 0.257 e. The monoisotopic (exact) mass is 278 g/mol. The molecule has 0 aromatic rings. The van der Waals surface area contributed by atoms with Crippen molar-refractivity contribution in [2.45, 2.75) is 62.9 Å². The summed E-state index contributed by atoms with van der Waals surface area (Å²) in [6, 6.07) is 0. The Morgan fingerprint density at radius 2 is 1.12 bits per heavy atom. The SMILES string of the molecule is CCC(C)(C(F)F)S(=O)(=O)C(C)(CC)C(F)F. The lowest BCUT2D eigenvalue weighted by Crippen LogP contribution is -2.55. The lowest BCUT2D eigenvalue weighted by Gasteiger charge is -2.37. The molecule has 0 aliphatic heterocycles. The summed E-state index contributed by atoms with van der Waals surface area (Å²) in [4.78, 5) is 0. The van der Waals surface area contributed by atoms with Crippen molar-refractivity contribution in [1.29, 1.82) is 0 Å². The van der Waals surface area contributed by atoms with Crippen molar-refractivity contribution in [3.05, 3.63) is 0 Å². The number of halogens is 4. The molecule has 0 saturated heterocycles. The summed E-state index contributed by atoms with van der Waals surface area (Å²) >= 11 is 0. The topological polar surface area (TPSA) is 34.1 Å². The van der Waals surface area contributed by atoms with Crippen LogP contribution in [0.3, 0.4) is 0 Å². The van der Waals surface area contributed by atoms with Gasteiger partial charge in [0.05, 0.1) is 0 Å². The van der Waals surface area contributed by atoms with Crippen LogP contribution in [0, 0.1) is 0 Å². The maximum atomic E-state index is 12.9. The van der Waals surface area contributed by atoms with E-state index in [0.717, 1.165) is 13.8 Å². The Labute approximate surface area is 99.3 Å². The van der Waals surface area contributed by atoms with Gasteiger partial charge in [-0.2, -0.15) is 0 Å². The fourth-order valence-electron chi connectivity index (χ4n) is 1.46. The Bertz CT molecular complexity index is 327. The quantitative estimate of drug-likeness (QED) is 0.699. The average molecular weight is 278 g/mol. The van der Waals surface area contributed by atoms with Gasteiger partial charge in [0.1, 0.15) is 9.49 Å². The first kappa shape index (κ1) is 16.7. The minimum absolute atomic E-state index is 0.407. The molecule has 0 bridgehead atoms. The standard InChI is InChI=1S/C10H18F4O2S/c1-5-9(3,7(11)12)17(15,16)10(4,6-2)8(13)14/h7-8H,5-6H2,1-4H3. The van der Waals surface area contributed by atoms with E-state index in [1.165, 1.54) is 13.8 Å². The van der Waals surface area contributed by atoms with E-state index in [1.807, 2.05) is 0 Å². The van der Waals surface area contributed by atoms with Crippen LogP contribution in [0.5, 0.6) is 0 Å². The fraction of sp³-hybridized carbons (Fsp3) is 1.00. The summed E-state index contributed by atoms with van der Waals surface area (Å²) in [5, 5.41) is 0. The van der Waals surface area contributed by atoms with Crippen LogP contribution in [-0.2, 0) is 9.84 Å². The Morgan fingerprint density at radius 1 is 0.882 bits per heavy atom. The van der Waals surface area contributed by atoms with Gasteiger partial charge in [-0.05, 0) is 26.7 Å². The van der Waals surface area contributed by atoms with Crippen LogP contribution in [0.15, 0.2) is 0 Å². The molecule has 0 spiro atoms. The molecule has 0 saturated carbocycles. The van der Waals surface area contributed by atoms with Crippen LogP contribution in [0.1, 0.15) is 40.5 Å². The van der Waals surface area contributed by atoms with E-state index in [-0.39, 0.29) is 0 Å². The highest BCUT2D eigenvalue weighted by Crippen LogP contribution is 2.41. The molecule has 0 amide bonds.